The maximum absolute atomic E-state index is 13.1. The number of primary amides is 1. The zero-order chi connectivity index (χ0) is 9.42. The summed E-state index contributed by atoms with van der Waals surface area (Å²) in [6.07, 6.45) is 0. The van der Waals surface area contributed by atoms with E-state index in [0.29, 0.717) is 11.0 Å². The number of hydrogen-bond acceptors (Lipinski definition) is 3. The van der Waals surface area contributed by atoms with Gasteiger partial charge in [0.1, 0.15) is 16.9 Å². The van der Waals surface area contributed by atoms with Gasteiger partial charge in [-0.1, -0.05) is 0 Å². The molecule has 0 bridgehead atoms. The van der Waals surface area contributed by atoms with Crippen LogP contribution in [0.15, 0.2) is 12.1 Å². The van der Waals surface area contributed by atoms with E-state index in [9.17, 15) is 9.18 Å². The number of amides is 1. The van der Waals surface area contributed by atoms with Crippen molar-refractivity contribution in [1.29, 1.82) is 0 Å². The van der Waals surface area contributed by atoms with Gasteiger partial charge in [0.15, 0.2) is 0 Å². The van der Waals surface area contributed by atoms with Gasteiger partial charge in [0.2, 0.25) is 0 Å². The molecule has 5 nitrogen and oxygen atoms in total. The van der Waals surface area contributed by atoms with Gasteiger partial charge in [-0.05, 0) is 6.07 Å². The van der Waals surface area contributed by atoms with Crippen LogP contribution in [0.3, 0.4) is 0 Å². The highest BCUT2D eigenvalue weighted by atomic mass is 19.1. The molecular formula is C7H5FN4O. The molecule has 13 heavy (non-hydrogen) atoms. The van der Waals surface area contributed by atoms with E-state index in [-0.39, 0.29) is 5.56 Å². The maximum atomic E-state index is 13.1. The van der Waals surface area contributed by atoms with E-state index in [1.165, 1.54) is 6.07 Å². The Kier molecular flexibility index (Phi) is 1.48. The van der Waals surface area contributed by atoms with E-state index in [0.717, 1.165) is 6.07 Å². The van der Waals surface area contributed by atoms with Crippen molar-refractivity contribution in [3.05, 3.63) is 23.5 Å². The van der Waals surface area contributed by atoms with Crippen molar-refractivity contribution in [2.75, 3.05) is 0 Å². The van der Waals surface area contributed by atoms with Crippen molar-refractivity contribution < 1.29 is 9.18 Å². The number of rotatable bonds is 1. The third kappa shape index (κ3) is 1.12. The quantitative estimate of drug-likeness (QED) is 0.657. The van der Waals surface area contributed by atoms with Gasteiger partial charge in [0, 0.05) is 6.07 Å². The summed E-state index contributed by atoms with van der Waals surface area (Å²) in [7, 11) is 0. The molecule has 2 aromatic rings. The molecule has 66 valence electrons. The number of fused-ring (bicyclic) bond motifs is 1. The van der Waals surface area contributed by atoms with E-state index >= 15 is 0 Å². The van der Waals surface area contributed by atoms with E-state index in [1.807, 2.05) is 0 Å². The maximum Gasteiger partial charge on any atom is 0.251 e. The van der Waals surface area contributed by atoms with Crippen molar-refractivity contribution in [2.45, 2.75) is 0 Å². The molecule has 0 atom stereocenters. The minimum Gasteiger partial charge on any atom is -0.366 e. The molecule has 1 heterocycles. The van der Waals surface area contributed by atoms with Crippen LogP contribution in [0.1, 0.15) is 10.4 Å². The number of carbonyl (C=O) groups excluding carboxylic acids is 1. The van der Waals surface area contributed by atoms with Gasteiger partial charge < -0.3 is 5.73 Å². The van der Waals surface area contributed by atoms with Crippen molar-refractivity contribution >= 4 is 16.9 Å². The molecule has 0 fully saturated rings. The van der Waals surface area contributed by atoms with Gasteiger partial charge in [-0.15, -0.1) is 0 Å². The van der Waals surface area contributed by atoms with E-state index in [4.69, 9.17) is 5.73 Å². The molecule has 1 aromatic carbocycles. The number of nitrogens with zero attached hydrogens (tertiary/aromatic N) is 2. The largest absolute Gasteiger partial charge is 0.366 e. The van der Waals surface area contributed by atoms with Gasteiger partial charge in [0.05, 0.1) is 5.56 Å². The first-order valence-electron chi connectivity index (χ1n) is 3.48. The van der Waals surface area contributed by atoms with Crippen LogP contribution in [0.5, 0.6) is 0 Å². The standard InChI is InChI=1S/C7H5FN4O/c8-4-2-6-5(10-12-11-6)1-3(4)7(9)13/h1-2H,(H2,9,13)(H,10,11,12). The highest BCUT2D eigenvalue weighted by Crippen LogP contribution is 2.14. The Labute approximate surface area is 71.7 Å². The van der Waals surface area contributed by atoms with Gasteiger partial charge in [-0.2, -0.15) is 15.4 Å². The lowest BCUT2D eigenvalue weighted by Gasteiger charge is -1.95. The fourth-order valence-corrected chi connectivity index (χ4v) is 1.05. The number of halogens is 1. The third-order valence-electron chi connectivity index (χ3n) is 1.67. The zero-order valence-corrected chi connectivity index (χ0v) is 6.41. The van der Waals surface area contributed by atoms with Crippen molar-refractivity contribution in [3.63, 3.8) is 0 Å². The lowest BCUT2D eigenvalue weighted by atomic mass is 10.2. The Bertz CT molecular complexity index is 478. The number of carbonyl (C=O) groups is 1. The average molecular weight is 180 g/mol. The fraction of sp³-hybridized carbons (Fsp3) is 0. The molecule has 0 aliphatic heterocycles. The minimum atomic E-state index is -0.817. The van der Waals surface area contributed by atoms with Crippen molar-refractivity contribution in [2.24, 2.45) is 5.73 Å². The summed E-state index contributed by atoms with van der Waals surface area (Å²) in [5, 5.41) is 9.66. The number of nitrogens with two attached hydrogens (primary N) is 1. The molecule has 0 unspecified atom stereocenters. The van der Waals surface area contributed by atoms with Crippen LogP contribution in [0.25, 0.3) is 11.0 Å². The van der Waals surface area contributed by atoms with Crippen LogP contribution in [0.2, 0.25) is 0 Å². The predicted molar refractivity (Wildman–Crippen MR) is 42.4 cm³/mol. The zero-order valence-electron chi connectivity index (χ0n) is 6.41. The lowest BCUT2D eigenvalue weighted by molar-refractivity contribution is 0.0996. The molecule has 0 saturated carbocycles. The number of nitrogens with one attached hydrogen (secondary N) is 1. The van der Waals surface area contributed by atoms with Gasteiger partial charge in [-0.3, -0.25) is 4.79 Å². The van der Waals surface area contributed by atoms with Gasteiger partial charge in [0.25, 0.3) is 5.91 Å². The molecular weight excluding hydrogens is 175 g/mol. The van der Waals surface area contributed by atoms with E-state index in [2.05, 4.69) is 15.4 Å². The summed E-state index contributed by atoms with van der Waals surface area (Å²) in [5.74, 6) is -1.50. The van der Waals surface area contributed by atoms with Gasteiger partial charge >= 0.3 is 0 Å². The first-order chi connectivity index (χ1) is 6.18. The summed E-state index contributed by atoms with van der Waals surface area (Å²) in [4.78, 5) is 10.7. The molecule has 0 saturated heterocycles. The van der Waals surface area contributed by atoms with Crippen LogP contribution in [0.4, 0.5) is 4.39 Å². The van der Waals surface area contributed by atoms with Crippen LogP contribution < -0.4 is 5.73 Å². The average Bonchev–Trinajstić information content (AvgIpc) is 2.48. The summed E-state index contributed by atoms with van der Waals surface area (Å²) in [6, 6.07) is 2.37. The highest BCUT2D eigenvalue weighted by Gasteiger charge is 2.11. The number of benzene rings is 1. The number of aromatic amines is 1. The summed E-state index contributed by atoms with van der Waals surface area (Å²) >= 11 is 0. The minimum absolute atomic E-state index is 0.179. The molecule has 0 radical (unpaired) electrons. The molecule has 0 aliphatic carbocycles. The first kappa shape index (κ1) is 7.66. The van der Waals surface area contributed by atoms with E-state index < -0.39 is 11.7 Å². The monoisotopic (exact) mass is 180 g/mol. The molecule has 2 rings (SSSR count). The summed E-state index contributed by atoms with van der Waals surface area (Å²) in [6.45, 7) is 0. The normalized spacial score (nSPS) is 10.5. The van der Waals surface area contributed by atoms with Crippen LogP contribution in [-0.2, 0) is 0 Å². The Balaban J connectivity index is 2.76. The molecule has 0 aliphatic rings. The highest BCUT2D eigenvalue weighted by molar-refractivity contribution is 5.96. The molecule has 1 aromatic heterocycles. The van der Waals surface area contributed by atoms with Gasteiger partial charge in [-0.25, -0.2) is 4.39 Å². The Morgan fingerprint density at radius 1 is 1.38 bits per heavy atom. The molecule has 6 heteroatoms. The molecule has 0 spiro atoms. The van der Waals surface area contributed by atoms with Crippen LogP contribution in [0, 0.1) is 5.82 Å². The SMILES string of the molecule is NC(=O)c1cc2n[nH]nc2cc1F. The second-order valence-electron chi connectivity index (χ2n) is 2.51. The van der Waals surface area contributed by atoms with Crippen LogP contribution in [-0.4, -0.2) is 21.3 Å². The Hall–Kier alpha value is -1.98. The molecule has 3 N–H and O–H groups in total. The first-order valence-corrected chi connectivity index (χ1v) is 3.48. The summed E-state index contributed by atoms with van der Waals surface area (Å²) < 4.78 is 13.1. The topological polar surface area (TPSA) is 84.7 Å². The number of aromatic nitrogens is 3. The Morgan fingerprint density at radius 2 is 2.00 bits per heavy atom. The van der Waals surface area contributed by atoms with Crippen LogP contribution >= 0.6 is 0 Å². The number of hydrogen-bond donors (Lipinski definition) is 2. The van der Waals surface area contributed by atoms with Crippen molar-refractivity contribution in [3.8, 4) is 0 Å². The lowest BCUT2D eigenvalue weighted by Crippen LogP contribution is -2.12. The number of H-pyrrole nitrogens is 1. The summed E-state index contributed by atoms with van der Waals surface area (Å²) in [5.41, 5.74) is 5.53. The Morgan fingerprint density at radius 3 is 2.62 bits per heavy atom. The second-order valence-corrected chi connectivity index (χ2v) is 2.51. The second kappa shape index (κ2) is 2.51. The van der Waals surface area contributed by atoms with E-state index in [1.54, 1.807) is 0 Å². The van der Waals surface area contributed by atoms with Crippen molar-refractivity contribution in [1.82, 2.24) is 15.4 Å². The third-order valence-corrected chi connectivity index (χ3v) is 1.67. The molecule has 1 amide bonds. The predicted octanol–water partition coefficient (Wildman–Crippen LogP) is 0.196. The fourth-order valence-electron chi connectivity index (χ4n) is 1.05. The smallest absolute Gasteiger partial charge is 0.251 e.